The first kappa shape index (κ1) is 43.7. The largest absolute Gasteiger partial charge is 0.496 e. The first-order chi connectivity index (χ1) is 31.1. The molecule has 2 saturated heterocycles. The number of amides is 2. The molecule has 9 rings (SSSR count). The van der Waals surface area contributed by atoms with E-state index in [2.05, 4.69) is 0 Å². The second kappa shape index (κ2) is 19.6. The Hall–Kier alpha value is -6.91. The minimum Gasteiger partial charge on any atom is -0.496 e. The van der Waals surface area contributed by atoms with E-state index in [0.717, 1.165) is 52.0 Å². The van der Waals surface area contributed by atoms with Crippen molar-refractivity contribution >= 4 is 35.4 Å². The van der Waals surface area contributed by atoms with Crippen LogP contribution in [0.25, 0.3) is 22.3 Å². The Kier molecular flexibility index (Phi) is 13.4. The van der Waals surface area contributed by atoms with E-state index < -0.39 is 30.1 Å². The molecule has 3 aliphatic rings. The number of carbonyl (C=O) groups excluding carboxylic acids is 2. The molecule has 0 unspecified atom stereocenters. The van der Waals surface area contributed by atoms with Crippen LogP contribution in [-0.4, -0.2) is 69.6 Å². The fourth-order valence-electron chi connectivity index (χ4n) is 8.82. The number of nitrogens with zero attached hydrogens (tertiary/aromatic N) is 2. The molecule has 0 radical (unpaired) electrons. The molecule has 2 N–H and O–H groups in total. The van der Waals surface area contributed by atoms with Gasteiger partial charge in [0.1, 0.15) is 23.6 Å². The summed E-state index contributed by atoms with van der Waals surface area (Å²) in [7, 11) is 1.62. The van der Waals surface area contributed by atoms with Gasteiger partial charge in [-0.3, -0.25) is 9.59 Å². The van der Waals surface area contributed by atoms with Crippen LogP contribution >= 0.6 is 11.6 Å². The predicted octanol–water partition coefficient (Wildman–Crippen LogP) is 11.0. The number of hydrogen-bond donors (Lipinski definition) is 2. The Balaban J connectivity index is 0.000000176. The Bertz CT molecular complexity index is 2620. The molecule has 3 fully saturated rings. The normalized spacial score (nSPS) is 19.0. The van der Waals surface area contributed by atoms with Crippen LogP contribution in [0.1, 0.15) is 82.5 Å². The smallest absolute Gasteiger partial charge is 0.326 e. The van der Waals surface area contributed by atoms with Gasteiger partial charge in [0.05, 0.1) is 25.8 Å². The van der Waals surface area contributed by atoms with Gasteiger partial charge in [-0.15, -0.1) is 0 Å². The number of halogens is 1. The summed E-state index contributed by atoms with van der Waals surface area (Å²) in [5, 5.41) is 20.1. The van der Waals surface area contributed by atoms with Gasteiger partial charge in [-0.05, 0) is 109 Å². The summed E-state index contributed by atoms with van der Waals surface area (Å²) in [6.07, 6.45) is 4.31. The van der Waals surface area contributed by atoms with E-state index in [1.54, 1.807) is 37.4 Å². The van der Waals surface area contributed by atoms with Crippen LogP contribution in [0.4, 0.5) is 0 Å². The van der Waals surface area contributed by atoms with Crippen molar-refractivity contribution in [1.29, 1.82) is 0 Å². The van der Waals surface area contributed by atoms with Gasteiger partial charge in [-0.1, -0.05) is 121 Å². The SMILES string of the molecule is COc1ccccc1-c1ccc(C(=O)N2[C@@H](c3ccccc3)CC[C@H]2C(=O)O)cc1.O=C(O)[C@@H]1CC[C@H](c2ccccc2Cl)N1C(=O)c1ccc(-c2ccccc2)c(OCC2CC2)c1. The fraction of sp³-hybridized carbons (Fsp3) is 0.245. The maximum absolute atomic E-state index is 13.8. The molecule has 1 saturated carbocycles. The van der Waals surface area contributed by atoms with E-state index in [4.69, 9.17) is 21.1 Å². The van der Waals surface area contributed by atoms with Crippen molar-refractivity contribution in [2.45, 2.75) is 62.7 Å². The molecule has 1 aliphatic carbocycles. The number of ether oxygens (including phenoxy) is 2. The lowest BCUT2D eigenvalue weighted by atomic mass is 10.0. The number of hydrogen-bond acceptors (Lipinski definition) is 6. The molecular weight excluding hydrogens is 828 g/mol. The van der Waals surface area contributed by atoms with Crippen molar-refractivity contribution in [3.05, 3.63) is 179 Å². The molecule has 11 heteroatoms. The second-order valence-electron chi connectivity index (χ2n) is 16.4. The molecule has 4 atom stereocenters. The number of benzene rings is 6. The summed E-state index contributed by atoms with van der Waals surface area (Å²) in [4.78, 5) is 54.0. The van der Waals surface area contributed by atoms with Crippen molar-refractivity contribution < 1.29 is 38.9 Å². The highest BCUT2D eigenvalue weighted by atomic mass is 35.5. The van der Waals surface area contributed by atoms with Crippen molar-refractivity contribution in [3.8, 4) is 33.8 Å². The molecule has 326 valence electrons. The average molecular weight is 877 g/mol. The molecule has 6 aromatic rings. The Morgan fingerprint density at radius 2 is 1.09 bits per heavy atom. The lowest BCUT2D eigenvalue weighted by Gasteiger charge is -2.29. The molecule has 6 aromatic carbocycles. The van der Waals surface area contributed by atoms with Crippen molar-refractivity contribution in [2.24, 2.45) is 5.92 Å². The summed E-state index contributed by atoms with van der Waals surface area (Å²) < 4.78 is 11.6. The van der Waals surface area contributed by atoms with E-state index in [0.29, 0.717) is 60.1 Å². The molecule has 10 nitrogen and oxygen atoms in total. The molecule has 0 bridgehead atoms. The van der Waals surface area contributed by atoms with Crippen molar-refractivity contribution in [2.75, 3.05) is 13.7 Å². The number of rotatable bonds is 12. The number of para-hydroxylation sites is 1. The minimum absolute atomic E-state index is 0.242. The maximum Gasteiger partial charge on any atom is 0.326 e. The Labute approximate surface area is 377 Å². The van der Waals surface area contributed by atoms with Gasteiger partial charge in [-0.2, -0.15) is 0 Å². The van der Waals surface area contributed by atoms with E-state index in [9.17, 15) is 29.4 Å². The highest BCUT2D eigenvalue weighted by Gasteiger charge is 2.43. The minimum atomic E-state index is -1.01. The molecular formula is C53H49ClN2O8. The lowest BCUT2D eigenvalue weighted by molar-refractivity contribution is -0.142. The van der Waals surface area contributed by atoms with Crippen molar-refractivity contribution in [3.63, 3.8) is 0 Å². The molecule has 0 aromatic heterocycles. The monoisotopic (exact) mass is 876 g/mol. The van der Waals surface area contributed by atoms with Gasteiger partial charge in [0, 0.05) is 27.3 Å². The molecule has 2 heterocycles. The fourth-order valence-corrected chi connectivity index (χ4v) is 9.08. The molecule has 2 amide bonds. The summed E-state index contributed by atoms with van der Waals surface area (Å²) in [6, 6.07) is 44.8. The van der Waals surface area contributed by atoms with Gasteiger partial charge < -0.3 is 29.5 Å². The van der Waals surface area contributed by atoms with Gasteiger partial charge in [0.15, 0.2) is 0 Å². The summed E-state index contributed by atoms with van der Waals surface area (Å²) in [5.74, 6) is -0.606. The quantitative estimate of drug-likeness (QED) is 0.124. The number of carboxylic acids is 2. The predicted molar refractivity (Wildman–Crippen MR) is 246 cm³/mol. The van der Waals surface area contributed by atoms with Gasteiger partial charge in [0.25, 0.3) is 11.8 Å². The van der Waals surface area contributed by atoms with Crippen molar-refractivity contribution in [1.82, 2.24) is 9.80 Å². The number of methoxy groups -OCH3 is 1. The molecule has 0 spiro atoms. The highest BCUT2D eigenvalue weighted by molar-refractivity contribution is 6.31. The van der Waals surface area contributed by atoms with Gasteiger partial charge in [-0.25, -0.2) is 9.59 Å². The average Bonchev–Trinajstić information content (AvgIpc) is 3.88. The highest BCUT2D eigenvalue weighted by Crippen LogP contribution is 2.42. The van der Waals surface area contributed by atoms with Crippen LogP contribution in [0, 0.1) is 5.92 Å². The van der Waals surface area contributed by atoms with Crippen LogP contribution < -0.4 is 9.47 Å². The first-order valence-electron chi connectivity index (χ1n) is 21.6. The topological polar surface area (TPSA) is 134 Å². The van der Waals surface area contributed by atoms with Crippen LogP contribution in [-0.2, 0) is 9.59 Å². The maximum atomic E-state index is 13.8. The second-order valence-corrected chi connectivity index (χ2v) is 16.8. The van der Waals surface area contributed by atoms with Crippen LogP contribution in [0.5, 0.6) is 11.5 Å². The zero-order valence-corrected chi connectivity index (χ0v) is 36.1. The van der Waals surface area contributed by atoms with Gasteiger partial charge >= 0.3 is 11.9 Å². The third-order valence-corrected chi connectivity index (χ3v) is 12.6. The summed E-state index contributed by atoms with van der Waals surface area (Å²) >= 11 is 6.43. The summed E-state index contributed by atoms with van der Waals surface area (Å²) in [5.41, 5.74) is 6.40. The van der Waals surface area contributed by atoms with E-state index >= 15 is 0 Å². The first-order valence-corrected chi connectivity index (χ1v) is 22.0. The lowest BCUT2D eigenvalue weighted by Crippen LogP contribution is -2.41. The Morgan fingerprint density at radius 1 is 0.562 bits per heavy atom. The van der Waals surface area contributed by atoms with E-state index in [1.807, 2.05) is 121 Å². The number of likely N-dealkylation sites (tertiary alicyclic amines) is 2. The zero-order valence-electron chi connectivity index (χ0n) is 35.4. The third-order valence-electron chi connectivity index (χ3n) is 12.3. The zero-order chi connectivity index (χ0) is 44.7. The Morgan fingerprint density at radius 3 is 1.73 bits per heavy atom. The molecule has 2 aliphatic heterocycles. The van der Waals surface area contributed by atoms with Crippen LogP contribution in [0.3, 0.4) is 0 Å². The number of carbonyl (C=O) groups is 4. The number of carboxylic acid groups (broad SMARTS) is 2. The van der Waals surface area contributed by atoms with E-state index in [-0.39, 0.29) is 17.9 Å². The number of aliphatic carboxylic acids is 2. The standard InChI is InChI=1S/C28H26ClNO4.C25H23NO4/c29-23-9-5-4-8-22(23)24-14-15-25(28(32)33)30(24)27(31)20-12-13-21(19-6-2-1-3-7-19)26(16-20)34-17-18-10-11-18;1-30-23-10-6-5-9-20(23)17-11-13-19(14-12-17)24(27)26-21(15-16-22(26)25(28)29)18-7-3-2-4-8-18/h1-9,12-13,16,18,24-25H,10-11,14-15,17H2,(H,32,33);2-14,21-22H,15-16H2,1H3,(H,28,29)/t24-,25+;21-,22+/m11/s1. The van der Waals surface area contributed by atoms with E-state index in [1.165, 1.54) is 9.80 Å². The van der Waals surface area contributed by atoms with Gasteiger partial charge in [0.2, 0.25) is 0 Å². The third kappa shape index (κ3) is 9.52. The van der Waals surface area contributed by atoms with Crippen LogP contribution in [0.15, 0.2) is 152 Å². The summed E-state index contributed by atoms with van der Waals surface area (Å²) in [6.45, 7) is 0.612. The molecule has 64 heavy (non-hydrogen) atoms. The van der Waals surface area contributed by atoms with Crippen LogP contribution in [0.2, 0.25) is 5.02 Å².